The quantitative estimate of drug-likeness (QED) is 0.515. The minimum atomic E-state index is -5.08. The predicted octanol–water partition coefficient (Wildman–Crippen LogP) is -0.934. The van der Waals surface area contributed by atoms with Gasteiger partial charge in [-0.1, -0.05) is 0 Å². The highest BCUT2D eigenvalue weighted by atomic mass is 19.4. The fourth-order valence-corrected chi connectivity index (χ4v) is 2.23. The topological polar surface area (TPSA) is 133 Å². The number of likely N-dealkylation sites (tertiary alicyclic amines) is 1. The SMILES string of the molecule is N[C@@H](C[C@@H]1CCNC1=O)C(O)C(=O)N1CCC1.O=C(O)C(F)(F)F. The van der Waals surface area contributed by atoms with Crippen molar-refractivity contribution in [3.05, 3.63) is 0 Å². The number of carboxylic acid groups (broad SMARTS) is 1. The van der Waals surface area contributed by atoms with Crippen molar-refractivity contribution in [1.82, 2.24) is 10.2 Å². The number of alkyl halides is 3. The number of carbonyl (C=O) groups excluding carboxylic acids is 2. The van der Waals surface area contributed by atoms with Crippen LogP contribution in [0.4, 0.5) is 13.2 Å². The zero-order chi connectivity index (χ0) is 18.5. The largest absolute Gasteiger partial charge is 0.490 e. The smallest absolute Gasteiger partial charge is 0.475 e. The number of rotatable bonds is 4. The summed E-state index contributed by atoms with van der Waals surface area (Å²) in [6.07, 6.45) is -4.17. The zero-order valence-corrected chi connectivity index (χ0v) is 12.8. The summed E-state index contributed by atoms with van der Waals surface area (Å²) in [5, 5.41) is 19.7. The molecule has 0 aliphatic carbocycles. The van der Waals surface area contributed by atoms with E-state index in [1.165, 1.54) is 0 Å². The van der Waals surface area contributed by atoms with Gasteiger partial charge in [0.1, 0.15) is 6.10 Å². The number of carbonyl (C=O) groups is 3. The molecule has 5 N–H and O–H groups in total. The number of halogens is 3. The summed E-state index contributed by atoms with van der Waals surface area (Å²) < 4.78 is 31.7. The number of aliphatic carboxylic acids is 1. The maximum atomic E-state index is 11.7. The third-order valence-electron chi connectivity index (χ3n) is 3.79. The number of nitrogens with zero attached hydrogens (tertiary/aromatic N) is 1. The highest BCUT2D eigenvalue weighted by molar-refractivity contribution is 5.83. The molecular weight excluding hydrogens is 335 g/mol. The van der Waals surface area contributed by atoms with Crippen LogP contribution in [0.2, 0.25) is 0 Å². The molecule has 2 aliphatic heterocycles. The molecule has 2 heterocycles. The Bertz CT molecular complexity index is 482. The number of hydrogen-bond donors (Lipinski definition) is 4. The van der Waals surface area contributed by atoms with Gasteiger partial charge in [-0.2, -0.15) is 13.2 Å². The Hall–Kier alpha value is -1.88. The first-order chi connectivity index (χ1) is 11.0. The number of nitrogens with two attached hydrogens (primary N) is 1. The lowest BCUT2D eigenvalue weighted by Gasteiger charge is -2.34. The molecule has 11 heteroatoms. The minimum Gasteiger partial charge on any atom is -0.475 e. The summed E-state index contributed by atoms with van der Waals surface area (Å²) >= 11 is 0. The first-order valence-electron chi connectivity index (χ1n) is 7.34. The third kappa shape index (κ3) is 5.64. The number of aliphatic hydroxyl groups is 1. The number of carboxylic acids is 1. The summed E-state index contributed by atoms with van der Waals surface area (Å²) in [5.74, 6) is -3.25. The van der Waals surface area contributed by atoms with E-state index < -0.39 is 24.3 Å². The van der Waals surface area contributed by atoms with Crippen molar-refractivity contribution in [2.45, 2.75) is 37.6 Å². The van der Waals surface area contributed by atoms with Gasteiger partial charge in [0.2, 0.25) is 5.91 Å². The lowest BCUT2D eigenvalue weighted by Crippen LogP contribution is -2.53. The summed E-state index contributed by atoms with van der Waals surface area (Å²) in [6, 6.07) is -0.656. The molecule has 2 saturated heterocycles. The van der Waals surface area contributed by atoms with E-state index in [2.05, 4.69) is 5.32 Å². The van der Waals surface area contributed by atoms with E-state index in [1.54, 1.807) is 4.90 Å². The van der Waals surface area contributed by atoms with Crippen LogP contribution < -0.4 is 11.1 Å². The van der Waals surface area contributed by atoms with Crippen LogP contribution in [0.25, 0.3) is 0 Å². The molecule has 24 heavy (non-hydrogen) atoms. The van der Waals surface area contributed by atoms with Gasteiger partial charge in [-0.15, -0.1) is 0 Å². The highest BCUT2D eigenvalue weighted by Crippen LogP contribution is 2.18. The molecule has 2 fully saturated rings. The van der Waals surface area contributed by atoms with Crippen LogP contribution in [-0.4, -0.2) is 70.9 Å². The van der Waals surface area contributed by atoms with E-state index in [0.29, 0.717) is 26.1 Å². The summed E-state index contributed by atoms with van der Waals surface area (Å²) in [5.41, 5.74) is 5.80. The molecule has 138 valence electrons. The van der Waals surface area contributed by atoms with E-state index in [4.69, 9.17) is 15.6 Å². The van der Waals surface area contributed by atoms with Gasteiger partial charge in [0.15, 0.2) is 0 Å². The van der Waals surface area contributed by atoms with Crippen molar-refractivity contribution < 1.29 is 37.8 Å². The van der Waals surface area contributed by atoms with Gasteiger partial charge in [-0.25, -0.2) is 4.79 Å². The Labute approximate surface area is 135 Å². The molecule has 0 aromatic carbocycles. The van der Waals surface area contributed by atoms with Crippen molar-refractivity contribution in [3.63, 3.8) is 0 Å². The van der Waals surface area contributed by atoms with Crippen LogP contribution in [0.5, 0.6) is 0 Å². The van der Waals surface area contributed by atoms with Gasteiger partial charge >= 0.3 is 12.1 Å². The van der Waals surface area contributed by atoms with Gasteiger partial charge in [-0.3, -0.25) is 9.59 Å². The first-order valence-corrected chi connectivity index (χ1v) is 7.34. The Morgan fingerprint density at radius 3 is 2.25 bits per heavy atom. The molecule has 0 spiro atoms. The molecule has 1 unspecified atom stereocenters. The normalized spacial score (nSPS) is 22.6. The summed E-state index contributed by atoms with van der Waals surface area (Å²) in [4.78, 5) is 33.6. The Morgan fingerprint density at radius 1 is 1.38 bits per heavy atom. The minimum absolute atomic E-state index is 0.0240. The summed E-state index contributed by atoms with van der Waals surface area (Å²) in [7, 11) is 0. The molecule has 3 atom stereocenters. The summed E-state index contributed by atoms with van der Waals surface area (Å²) in [6.45, 7) is 2.06. The van der Waals surface area contributed by atoms with Crippen LogP contribution in [0.1, 0.15) is 19.3 Å². The second-order valence-electron chi connectivity index (χ2n) is 5.60. The average molecular weight is 355 g/mol. The van der Waals surface area contributed by atoms with Gasteiger partial charge in [0.25, 0.3) is 5.91 Å². The van der Waals surface area contributed by atoms with Crippen molar-refractivity contribution in [1.29, 1.82) is 0 Å². The van der Waals surface area contributed by atoms with Gasteiger partial charge < -0.3 is 26.2 Å². The van der Waals surface area contributed by atoms with Crippen molar-refractivity contribution in [2.75, 3.05) is 19.6 Å². The molecule has 0 aromatic rings. The number of aliphatic hydroxyl groups excluding tert-OH is 1. The molecular formula is C13H20F3N3O5. The van der Waals surface area contributed by atoms with Crippen LogP contribution in [0, 0.1) is 5.92 Å². The first kappa shape index (κ1) is 20.2. The lowest BCUT2D eigenvalue weighted by molar-refractivity contribution is -0.192. The molecule has 2 aliphatic rings. The maximum absolute atomic E-state index is 11.7. The van der Waals surface area contributed by atoms with Gasteiger partial charge in [-0.05, 0) is 19.3 Å². The average Bonchev–Trinajstić information content (AvgIpc) is 2.81. The molecule has 0 bridgehead atoms. The fourth-order valence-electron chi connectivity index (χ4n) is 2.23. The number of hydrogen-bond acceptors (Lipinski definition) is 5. The molecule has 0 saturated carbocycles. The zero-order valence-electron chi connectivity index (χ0n) is 12.8. The maximum Gasteiger partial charge on any atom is 0.490 e. The van der Waals surface area contributed by atoms with E-state index in [-0.39, 0.29) is 17.7 Å². The van der Waals surface area contributed by atoms with Crippen LogP contribution >= 0.6 is 0 Å². The second-order valence-corrected chi connectivity index (χ2v) is 5.60. The van der Waals surface area contributed by atoms with Crippen molar-refractivity contribution >= 4 is 17.8 Å². The highest BCUT2D eigenvalue weighted by Gasteiger charge is 2.38. The third-order valence-corrected chi connectivity index (χ3v) is 3.79. The van der Waals surface area contributed by atoms with E-state index in [9.17, 15) is 27.9 Å². The number of nitrogens with one attached hydrogen (secondary N) is 1. The second kappa shape index (κ2) is 8.29. The molecule has 2 rings (SSSR count). The monoisotopic (exact) mass is 355 g/mol. The van der Waals surface area contributed by atoms with Crippen molar-refractivity contribution in [2.24, 2.45) is 11.7 Å². The Morgan fingerprint density at radius 2 is 1.92 bits per heavy atom. The van der Waals surface area contributed by atoms with Gasteiger partial charge in [0, 0.05) is 31.6 Å². The fraction of sp³-hybridized carbons (Fsp3) is 0.769. The standard InChI is InChI=1S/C11H19N3O3.C2HF3O2/c12-8(6-7-2-3-13-10(7)16)9(15)11(17)14-4-1-5-14;3-2(4,5)1(6)7/h7-9,15H,1-6,12H2,(H,13,16);(H,6,7)/t7-,8-,9?;/m0./s1. The van der Waals surface area contributed by atoms with Crippen LogP contribution in [0.3, 0.4) is 0 Å². The van der Waals surface area contributed by atoms with E-state index in [1.807, 2.05) is 0 Å². The van der Waals surface area contributed by atoms with Crippen LogP contribution in [0.15, 0.2) is 0 Å². The Balaban J connectivity index is 0.000000351. The van der Waals surface area contributed by atoms with E-state index in [0.717, 1.165) is 12.8 Å². The molecule has 8 nitrogen and oxygen atoms in total. The molecule has 0 radical (unpaired) electrons. The number of amides is 2. The molecule has 2 amide bonds. The van der Waals surface area contributed by atoms with Crippen molar-refractivity contribution in [3.8, 4) is 0 Å². The Kier molecular flexibility index (Phi) is 6.96. The lowest BCUT2D eigenvalue weighted by atomic mass is 9.95. The predicted molar refractivity (Wildman–Crippen MR) is 74.6 cm³/mol. The van der Waals surface area contributed by atoms with Crippen LogP contribution in [-0.2, 0) is 14.4 Å². The van der Waals surface area contributed by atoms with E-state index >= 15 is 0 Å². The molecule has 0 aromatic heterocycles. The van der Waals surface area contributed by atoms with Gasteiger partial charge in [0.05, 0.1) is 0 Å².